The van der Waals surface area contributed by atoms with E-state index in [2.05, 4.69) is 5.16 Å². The second kappa shape index (κ2) is 9.08. The summed E-state index contributed by atoms with van der Waals surface area (Å²) in [6.45, 7) is 1.50. The summed E-state index contributed by atoms with van der Waals surface area (Å²) in [4.78, 5) is 17.0. The summed E-state index contributed by atoms with van der Waals surface area (Å²) < 4.78 is 36.2. The first-order chi connectivity index (χ1) is 12.4. The zero-order chi connectivity index (χ0) is 19.2. The Morgan fingerprint density at radius 1 is 1.38 bits per heavy atom. The minimum atomic E-state index is -3.65. The molecule has 1 aromatic carbocycles. The number of hydrogen-bond donors (Lipinski definition) is 1. The molecule has 1 heterocycles. The van der Waals surface area contributed by atoms with Crippen molar-refractivity contribution >= 4 is 21.6 Å². The predicted octanol–water partition coefficient (Wildman–Crippen LogP) is -0.0516. The van der Waals surface area contributed by atoms with Crippen LogP contribution in [0.2, 0.25) is 0 Å². The number of amides is 1. The van der Waals surface area contributed by atoms with Crippen molar-refractivity contribution in [2.45, 2.75) is 17.4 Å². The average molecular weight is 385 g/mol. The van der Waals surface area contributed by atoms with Crippen molar-refractivity contribution in [2.75, 3.05) is 40.5 Å². The number of oxime groups is 1. The number of methoxy groups -OCH3 is 1. The highest BCUT2D eigenvalue weighted by Gasteiger charge is 2.22. The normalized spacial score (nSPS) is 18.3. The smallest absolute Gasteiger partial charge is 0.271 e. The Hall–Kier alpha value is -2.01. The Labute approximate surface area is 152 Å². The average Bonchev–Trinajstić information content (AvgIpc) is 3.13. The highest BCUT2D eigenvalue weighted by Crippen LogP contribution is 2.16. The van der Waals surface area contributed by atoms with Gasteiger partial charge in [-0.05, 0) is 12.1 Å². The molecule has 1 fully saturated rings. The monoisotopic (exact) mass is 385 g/mol. The topological polar surface area (TPSA) is 121 Å². The van der Waals surface area contributed by atoms with E-state index in [0.29, 0.717) is 25.2 Å². The molecular weight excluding hydrogens is 362 g/mol. The number of carbonyl (C=O) groups excluding carboxylic acids is 1. The van der Waals surface area contributed by atoms with Crippen molar-refractivity contribution in [1.29, 1.82) is 0 Å². The van der Waals surface area contributed by atoms with E-state index < -0.39 is 15.9 Å². The maximum Gasteiger partial charge on any atom is 0.271 e. The summed E-state index contributed by atoms with van der Waals surface area (Å²) in [5.74, 6) is -0.767. The zero-order valence-corrected chi connectivity index (χ0v) is 15.6. The molecule has 1 aliphatic heterocycles. The van der Waals surface area contributed by atoms with Gasteiger partial charge in [0.05, 0.1) is 24.7 Å². The zero-order valence-electron chi connectivity index (χ0n) is 14.8. The van der Waals surface area contributed by atoms with Crippen molar-refractivity contribution in [3.8, 4) is 0 Å². The molecule has 144 valence electrons. The summed E-state index contributed by atoms with van der Waals surface area (Å²) in [7, 11) is -0.682. The van der Waals surface area contributed by atoms with Crippen LogP contribution in [0.15, 0.2) is 34.3 Å². The van der Waals surface area contributed by atoms with E-state index in [4.69, 9.17) is 20.0 Å². The number of likely N-dealkylation sites (N-methyl/N-ethyl adjacent to an activating group) is 1. The molecule has 1 atom stereocenters. The van der Waals surface area contributed by atoms with Crippen LogP contribution in [0.3, 0.4) is 0 Å². The Balaban J connectivity index is 2.17. The van der Waals surface area contributed by atoms with Gasteiger partial charge in [-0.25, -0.2) is 8.42 Å². The fraction of sp³-hybridized carbons (Fsp3) is 0.500. The molecule has 0 spiro atoms. The lowest BCUT2D eigenvalue weighted by Crippen LogP contribution is -2.30. The van der Waals surface area contributed by atoms with Gasteiger partial charge in [0.15, 0.2) is 11.8 Å². The summed E-state index contributed by atoms with van der Waals surface area (Å²) in [5.41, 5.74) is 5.65. The molecule has 0 radical (unpaired) electrons. The lowest BCUT2D eigenvalue weighted by atomic mass is 10.1. The van der Waals surface area contributed by atoms with Crippen molar-refractivity contribution < 1.29 is 27.5 Å². The van der Waals surface area contributed by atoms with Gasteiger partial charge < -0.3 is 20.0 Å². The van der Waals surface area contributed by atoms with Crippen LogP contribution in [0.25, 0.3) is 0 Å². The second-order valence-electron chi connectivity index (χ2n) is 5.74. The minimum Gasteiger partial charge on any atom is -0.389 e. The molecule has 0 unspecified atom stereocenters. The summed E-state index contributed by atoms with van der Waals surface area (Å²) in [6, 6.07) is 5.72. The summed E-state index contributed by atoms with van der Waals surface area (Å²) in [5, 5.41) is 3.83. The van der Waals surface area contributed by atoms with Gasteiger partial charge in [-0.1, -0.05) is 17.3 Å². The number of sulfonamides is 1. The van der Waals surface area contributed by atoms with Gasteiger partial charge in [0, 0.05) is 32.7 Å². The fourth-order valence-corrected chi connectivity index (χ4v) is 3.42. The number of primary amides is 1. The predicted molar refractivity (Wildman–Crippen MR) is 94.2 cm³/mol. The van der Waals surface area contributed by atoms with Crippen LogP contribution in [-0.2, 0) is 29.1 Å². The molecule has 0 aromatic heterocycles. The van der Waals surface area contributed by atoms with Gasteiger partial charge in [0.25, 0.3) is 5.91 Å². The number of nitrogens with zero attached hydrogens (tertiary/aromatic N) is 2. The number of nitrogens with two attached hydrogens (primary N) is 1. The third-order valence-corrected chi connectivity index (χ3v) is 5.73. The molecule has 1 saturated heterocycles. The maximum absolute atomic E-state index is 12.5. The quantitative estimate of drug-likeness (QED) is 0.470. The van der Waals surface area contributed by atoms with E-state index in [1.54, 1.807) is 0 Å². The molecule has 1 aliphatic rings. The lowest BCUT2D eigenvalue weighted by molar-refractivity contribution is -0.112. The molecule has 0 saturated carbocycles. The molecule has 0 aliphatic carbocycles. The number of hydrogen-bond acceptors (Lipinski definition) is 7. The maximum atomic E-state index is 12.5. The first kappa shape index (κ1) is 20.3. The molecule has 1 aromatic rings. The van der Waals surface area contributed by atoms with Crippen LogP contribution in [0.1, 0.15) is 12.0 Å². The van der Waals surface area contributed by atoms with Crippen molar-refractivity contribution in [3.05, 3.63) is 29.8 Å². The van der Waals surface area contributed by atoms with E-state index >= 15 is 0 Å². The number of rotatable bonds is 9. The SMILES string of the molecule is COCCN(C)S(=O)(=O)c1ccc(/C(=N\O[C@@H]2CCOC2)C(N)=O)cc1. The highest BCUT2D eigenvalue weighted by molar-refractivity contribution is 7.89. The lowest BCUT2D eigenvalue weighted by Gasteiger charge is -2.16. The molecule has 2 rings (SSSR count). The Morgan fingerprint density at radius 2 is 2.08 bits per heavy atom. The molecule has 2 N–H and O–H groups in total. The van der Waals surface area contributed by atoms with Crippen molar-refractivity contribution in [1.82, 2.24) is 4.31 Å². The third kappa shape index (κ3) is 5.01. The molecule has 10 heteroatoms. The minimum absolute atomic E-state index is 0.0754. The standard InChI is InChI=1S/C16H23N3O6S/c1-19(8-10-23-2)26(21,22)14-5-3-12(4-6-14)15(16(17)20)18-25-13-7-9-24-11-13/h3-6,13H,7-11H2,1-2H3,(H2,17,20)/b18-15+/t13-/m1/s1. The van der Waals surface area contributed by atoms with E-state index in [9.17, 15) is 13.2 Å². The van der Waals surface area contributed by atoms with Crippen LogP contribution in [0, 0.1) is 0 Å². The van der Waals surface area contributed by atoms with Gasteiger partial charge in [-0.2, -0.15) is 4.31 Å². The van der Waals surface area contributed by atoms with Gasteiger partial charge in [-0.15, -0.1) is 0 Å². The highest BCUT2D eigenvalue weighted by atomic mass is 32.2. The van der Waals surface area contributed by atoms with E-state index in [1.807, 2.05) is 0 Å². The van der Waals surface area contributed by atoms with Gasteiger partial charge in [-0.3, -0.25) is 4.79 Å². The van der Waals surface area contributed by atoms with Crippen LogP contribution < -0.4 is 5.73 Å². The summed E-state index contributed by atoms with van der Waals surface area (Å²) in [6.07, 6.45) is 0.457. The van der Waals surface area contributed by atoms with E-state index in [-0.39, 0.29) is 29.9 Å². The number of benzene rings is 1. The second-order valence-corrected chi connectivity index (χ2v) is 7.78. The molecular formula is C16H23N3O6S. The first-order valence-corrected chi connectivity index (χ1v) is 9.47. The van der Waals surface area contributed by atoms with Crippen molar-refractivity contribution in [2.24, 2.45) is 10.9 Å². The number of carbonyl (C=O) groups is 1. The third-order valence-electron chi connectivity index (χ3n) is 3.86. The Kier molecular flexibility index (Phi) is 7.09. The van der Waals surface area contributed by atoms with Crippen LogP contribution >= 0.6 is 0 Å². The van der Waals surface area contributed by atoms with E-state index in [1.165, 1.54) is 42.7 Å². The first-order valence-electron chi connectivity index (χ1n) is 8.03. The van der Waals surface area contributed by atoms with Gasteiger partial charge in [0.1, 0.15) is 0 Å². The molecule has 0 bridgehead atoms. The summed E-state index contributed by atoms with van der Waals surface area (Å²) >= 11 is 0. The largest absolute Gasteiger partial charge is 0.389 e. The number of ether oxygens (including phenoxy) is 2. The van der Waals surface area contributed by atoms with Crippen LogP contribution in [0.4, 0.5) is 0 Å². The van der Waals surface area contributed by atoms with Crippen LogP contribution in [0.5, 0.6) is 0 Å². The molecule has 9 nitrogen and oxygen atoms in total. The van der Waals surface area contributed by atoms with Crippen molar-refractivity contribution in [3.63, 3.8) is 0 Å². The van der Waals surface area contributed by atoms with Gasteiger partial charge >= 0.3 is 0 Å². The fourth-order valence-electron chi connectivity index (χ4n) is 2.27. The Bertz CT molecular complexity index is 742. The molecule has 1 amide bonds. The van der Waals surface area contributed by atoms with E-state index in [0.717, 1.165) is 0 Å². The molecule has 26 heavy (non-hydrogen) atoms. The van der Waals surface area contributed by atoms with Crippen LogP contribution in [-0.4, -0.2) is 71.0 Å². The van der Waals surface area contributed by atoms with Gasteiger partial charge in [0.2, 0.25) is 10.0 Å². The Morgan fingerprint density at radius 3 is 2.62 bits per heavy atom.